The van der Waals surface area contributed by atoms with E-state index in [0.717, 1.165) is 12.0 Å². The molecule has 0 aromatic heterocycles. The van der Waals surface area contributed by atoms with Crippen molar-refractivity contribution in [2.75, 3.05) is 5.32 Å². The summed E-state index contributed by atoms with van der Waals surface area (Å²) >= 11 is 0. The fourth-order valence-corrected chi connectivity index (χ4v) is 2.32. The van der Waals surface area contributed by atoms with Gasteiger partial charge >= 0.3 is 0 Å². The standard InChI is InChI=1S/C15H20FNO2/c1-9(2)3-5-14(18)11-7-10-4-6-15(19)17-13(10)8-12(11)16/h7-9,14,18H,3-6H2,1-2H3,(H,17,19). The van der Waals surface area contributed by atoms with Gasteiger partial charge in [0, 0.05) is 17.7 Å². The number of amides is 1. The molecule has 0 saturated carbocycles. The van der Waals surface area contributed by atoms with Crippen molar-refractivity contribution >= 4 is 11.6 Å². The Morgan fingerprint density at radius 2 is 2.05 bits per heavy atom. The van der Waals surface area contributed by atoms with Crippen molar-refractivity contribution in [1.82, 2.24) is 0 Å². The number of aliphatic hydroxyl groups is 1. The fraction of sp³-hybridized carbons (Fsp3) is 0.533. The number of carbonyl (C=O) groups is 1. The average Bonchev–Trinajstić information content (AvgIpc) is 2.35. The van der Waals surface area contributed by atoms with Gasteiger partial charge in [-0.3, -0.25) is 4.79 Å². The number of fused-ring (bicyclic) bond motifs is 1. The zero-order valence-corrected chi connectivity index (χ0v) is 11.4. The normalized spacial score (nSPS) is 16.2. The lowest BCUT2D eigenvalue weighted by atomic mass is 9.94. The van der Waals surface area contributed by atoms with Gasteiger partial charge < -0.3 is 10.4 Å². The van der Waals surface area contributed by atoms with Crippen LogP contribution < -0.4 is 5.32 Å². The van der Waals surface area contributed by atoms with Crippen LogP contribution in [0.5, 0.6) is 0 Å². The lowest BCUT2D eigenvalue weighted by Crippen LogP contribution is -2.20. The highest BCUT2D eigenvalue weighted by Crippen LogP contribution is 2.30. The third-order valence-electron chi connectivity index (χ3n) is 3.49. The van der Waals surface area contributed by atoms with E-state index in [1.807, 2.05) is 0 Å². The topological polar surface area (TPSA) is 49.3 Å². The largest absolute Gasteiger partial charge is 0.388 e. The van der Waals surface area contributed by atoms with Crippen molar-refractivity contribution in [3.05, 3.63) is 29.1 Å². The Balaban J connectivity index is 2.20. The zero-order valence-electron chi connectivity index (χ0n) is 11.4. The minimum absolute atomic E-state index is 0.0833. The lowest BCUT2D eigenvalue weighted by Gasteiger charge is -2.20. The molecule has 1 amide bonds. The maximum absolute atomic E-state index is 14.0. The van der Waals surface area contributed by atoms with E-state index in [2.05, 4.69) is 19.2 Å². The highest BCUT2D eigenvalue weighted by Gasteiger charge is 2.20. The van der Waals surface area contributed by atoms with Gasteiger partial charge in [0.15, 0.2) is 0 Å². The quantitative estimate of drug-likeness (QED) is 0.878. The van der Waals surface area contributed by atoms with E-state index in [1.165, 1.54) is 6.07 Å². The van der Waals surface area contributed by atoms with Crippen molar-refractivity contribution in [1.29, 1.82) is 0 Å². The summed E-state index contributed by atoms with van der Waals surface area (Å²) in [4.78, 5) is 11.3. The van der Waals surface area contributed by atoms with Crippen molar-refractivity contribution in [3.63, 3.8) is 0 Å². The van der Waals surface area contributed by atoms with E-state index in [-0.39, 0.29) is 5.91 Å². The highest BCUT2D eigenvalue weighted by atomic mass is 19.1. The number of anilines is 1. The van der Waals surface area contributed by atoms with Crippen LogP contribution in [0, 0.1) is 11.7 Å². The molecule has 19 heavy (non-hydrogen) atoms. The molecule has 2 rings (SSSR count). The molecular formula is C15H20FNO2. The van der Waals surface area contributed by atoms with Crippen LogP contribution in [-0.2, 0) is 11.2 Å². The van der Waals surface area contributed by atoms with Crippen molar-refractivity contribution < 1.29 is 14.3 Å². The van der Waals surface area contributed by atoms with Gasteiger partial charge in [0.05, 0.1) is 6.10 Å². The summed E-state index contributed by atoms with van der Waals surface area (Å²) in [6, 6.07) is 3.01. The summed E-state index contributed by atoms with van der Waals surface area (Å²) in [7, 11) is 0. The maximum atomic E-state index is 14.0. The van der Waals surface area contributed by atoms with Gasteiger partial charge in [-0.25, -0.2) is 4.39 Å². The van der Waals surface area contributed by atoms with Crippen LogP contribution in [0.2, 0.25) is 0 Å². The molecule has 2 N–H and O–H groups in total. The predicted octanol–water partition coefficient (Wildman–Crippen LogP) is 3.18. The molecule has 4 heteroatoms. The highest BCUT2D eigenvalue weighted by molar-refractivity contribution is 5.93. The summed E-state index contributed by atoms with van der Waals surface area (Å²) in [5, 5.41) is 12.7. The SMILES string of the molecule is CC(C)CCC(O)c1cc2c(cc1F)NC(=O)CC2. The van der Waals surface area contributed by atoms with Gasteiger partial charge in [0.25, 0.3) is 0 Å². The first-order valence-corrected chi connectivity index (χ1v) is 6.77. The Bertz CT molecular complexity index is 485. The first kappa shape index (κ1) is 14.0. The third kappa shape index (κ3) is 3.32. The number of aliphatic hydroxyl groups excluding tert-OH is 1. The summed E-state index contributed by atoms with van der Waals surface area (Å²) in [5.74, 6) is -0.0492. The first-order valence-electron chi connectivity index (χ1n) is 6.77. The van der Waals surface area contributed by atoms with E-state index in [1.54, 1.807) is 6.07 Å². The summed E-state index contributed by atoms with van der Waals surface area (Å²) in [6.07, 6.45) is 1.66. The van der Waals surface area contributed by atoms with Crippen LogP contribution in [0.3, 0.4) is 0 Å². The summed E-state index contributed by atoms with van der Waals surface area (Å²) in [6.45, 7) is 4.15. The summed E-state index contributed by atoms with van der Waals surface area (Å²) < 4.78 is 14.0. The number of rotatable bonds is 4. The number of benzene rings is 1. The van der Waals surface area contributed by atoms with Crippen LogP contribution in [0.25, 0.3) is 0 Å². The Hall–Kier alpha value is -1.42. The van der Waals surface area contributed by atoms with Crippen molar-refractivity contribution in [2.45, 2.75) is 45.6 Å². The number of hydrogen-bond acceptors (Lipinski definition) is 2. The van der Waals surface area contributed by atoms with Crippen molar-refractivity contribution in [3.8, 4) is 0 Å². The van der Waals surface area contributed by atoms with Gasteiger partial charge in [-0.05, 0) is 42.9 Å². The molecular weight excluding hydrogens is 245 g/mol. The monoisotopic (exact) mass is 265 g/mol. The number of nitrogens with one attached hydrogen (secondary N) is 1. The smallest absolute Gasteiger partial charge is 0.224 e. The minimum Gasteiger partial charge on any atom is -0.388 e. The van der Waals surface area contributed by atoms with E-state index < -0.39 is 11.9 Å². The molecule has 1 aliphatic heterocycles. The number of halogens is 1. The van der Waals surface area contributed by atoms with Gasteiger partial charge in [-0.2, -0.15) is 0 Å². The molecule has 0 bridgehead atoms. The van der Waals surface area contributed by atoms with Gasteiger partial charge in [0.2, 0.25) is 5.91 Å². The first-order chi connectivity index (χ1) is 8.97. The molecule has 0 radical (unpaired) electrons. The van der Waals surface area contributed by atoms with Crippen LogP contribution in [0.15, 0.2) is 12.1 Å². The van der Waals surface area contributed by atoms with Crippen LogP contribution in [-0.4, -0.2) is 11.0 Å². The molecule has 1 aromatic rings. The molecule has 1 heterocycles. The Morgan fingerprint density at radius 1 is 1.32 bits per heavy atom. The van der Waals surface area contributed by atoms with E-state index in [0.29, 0.717) is 36.4 Å². The second-order valence-electron chi connectivity index (χ2n) is 5.57. The molecule has 0 saturated heterocycles. The molecule has 0 fully saturated rings. The lowest BCUT2D eigenvalue weighted by molar-refractivity contribution is -0.116. The molecule has 0 spiro atoms. The Labute approximate surface area is 112 Å². The van der Waals surface area contributed by atoms with Crippen LogP contribution in [0.1, 0.15) is 50.3 Å². The van der Waals surface area contributed by atoms with Crippen molar-refractivity contribution in [2.24, 2.45) is 5.92 Å². The fourth-order valence-electron chi connectivity index (χ4n) is 2.32. The second-order valence-corrected chi connectivity index (χ2v) is 5.57. The average molecular weight is 265 g/mol. The summed E-state index contributed by atoms with van der Waals surface area (Å²) in [5.41, 5.74) is 1.78. The number of aryl methyl sites for hydroxylation is 1. The zero-order chi connectivity index (χ0) is 14.0. The molecule has 1 atom stereocenters. The molecule has 1 unspecified atom stereocenters. The third-order valence-corrected chi connectivity index (χ3v) is 3.49. The van der Waals surface area contributed by atoms with Gasteiger partial charge in [0.1, 0.15) is 5.82 Å². The molecule has 104 valence electrons. The maximum Gasteiger partial charge on any atom is 0.224 e. The molecule has 1 aliphatic rings. The Morgan fingerprint density at radius 3 is 2.74 bits per heavy atom. The molecule has 1 aromatic carbocycles. The number of hydrogen-bond donors (Lipinski definition) is 2. The van der Waals surface area contributed by atoms with E-state index in [9.17, 15) is 14.3 Å². The Kier molecular flexibility index (Phi) is 4.20. The molecule has 0 aliphatic carbocycles. The molecule has 3 nitrogen and oxygen atoms in total. The second kappa shape index (κ2) is 5.70. The van der Waals surface area contributed by atoms with Crippen LogP contribution in [0.4, 0.5) is 10.1 Å². The van der Waals surface area contributed by atoms with Gasteiger partial charge in [-0.1, -0.05) is 13.8 Å². The minimum atomic E-state index is -0.773. The predicted molar refractivity (Wildman–Crippen MR) is 72.4 cm³/mol. The number of carbonyl (C=O) groups excluding carboxylic acids is 1. The van der Waals surface area contributed by atoms with E-state index in [4.69, 9.17) is 0 Å². The van der Waals surface area contributed by atoms with Crippen LogP contribution >= 0.6 is 0 Å². The van der Waals surface area contributed by atoms with Gasteiger partial charge in [-0.15, -0.1) is 0 Å². The van der Waals surface area contributed by atoms with E-state index >= 15 is 0 Å².